The van der Waals surface area contributed by atoms with E-state index in [9.17, 15) is 9.59 Å². The fraction of sp³-hybridized carbons (Fsp3) is 0.400. The van der Waals surface area contributed by atoms with Crippen LogP contribution in [0.25, 0.3) is 0 Å². The lowest BCUT2D eigenvalue weighted by Crippen LogP contribution is -2.35. The second-order valence-electron chi connectivity index (χ2n) is 7.21. The van der Waals surface area contributed by atoms with E-state index < -0.39 is 5.92 Å². The Labute approximate surface area is 168 Å². The fourth-order valence-corrected chi connectivity index (χ4v) is 3.81. The molecule has 0 radical (unpaired) electrons. The summed E-state index contributed by atoms with van der Waals surface area (Å²) >= 11 is 0. The molecule has 2 amide bonds. The predicted molar refractivity (Wildman–Crippen MR) is 110 cm³/mol. The van der Waals surface area contributed by atoms with Crippen LogP contribution in [0.2, 0.25) is 0 Å². The highest BCUT2D eigenvalue weighted by Gasteiger charge is 2.35. The molecule has 1 atom stereocenters. The first-order valence-corrected chi connectivity index (χ1v) is 9.73. The van der Waals surface area contributed by atoms with Gasteiger partial charge in [-0.15, -0.1) is 0 Å². The molecule has 0 saturated carbocycles. The monoisotopic (exact) mass is 396 g/mol. The molecule has 0 aliphatic carbocycles. The zero-order chi connectivity index (χ0) is 20.4. The van der Waals surface area contributed by atoms with Crippen LogP contribution in [-0.2, 0) is 9.59 Å². The summed E-state index contributed by atoms with van der Waals surface area (Å²) in [6, 6.07) is 7.09. The first-order valence-electron chi connectivity index (χ1n) is 9.73. The molecule has 3 heterocycles. The third kappa shape index (κ3) is 3.80. The van der Waals surface area contributed by atoms with Gasteiger partial charge in [0.25, 0.3) is 0 Å². The van der Waals surface area contributed by atoms with Crippen molar-refractivity contribution in [2.75, 3.05) is 41.5 Å². The van der Waals surface area contributed by atoms with E-state index in [1.807, 2.05) is 6.07 Å². The average Bonchev–Trinajstić information content (AvgIpc) is 2.73. The maximum Gasteiger partial charge on any atom is 0.232 e. The quantitative estimate of drug-likeness (QED) is 0.723. The minimum atomic E-state index is -0.779. The third-order valence-corrected chi connectivity index (χ3v) is 5.28. The Morgan fingerprint density at radius 3 is 2.76 bits per heavy atom. The van der Waals surface area contributed by atoms with Crippen molar-refractivity contribution >= 4 is 35.1 Å². The van der Waals surface area contributed by atoms with Crippen molar-refractivity contribution in [3.63, 3.8) is 0 Å². The van der Waals surface area contributed by atoms with E-state index >= 15 is 0 Å². The van der Waals surface area contributed by atoms with Gasteiger partial charge in [0.05, 0.1) is 24.3 Å². The number of benzene rings is 1. The highest BCUT2D eigenvalue weighted by Crippen LogP contribution is 2.37. The normalized spacial score (nSPS) is 18.6. The number of hydrogen-bond donors (Lipinski definition) is 3. The van der Waals surface area contributed by atoms with E-state index in [1.54, 1.807) is 18.2 Å². The first kappa shape index (κ1) is 19.0. The van der Waals surface area contributed by atoms with Crippen LogP contribution in [0.15, 0.2) is 24.3 Å². The number of methoxy groups -OCH3 is 1. The number of ether oxygens (including phenoxy) is 1. The summed E-state index contributed by atoms with van der Waals surface area (Å²) in [5.74, 6) is 0.148. The van der Waals surface area contributed by atoms with E-state index in [4.69, 9.17) is 10.5 Å². The van der Waals surface area contributed by atoms with Gasteiger partial charge in [-0.3, -0.25) is 9.59 Å². The second-order valence-corrected chi connectivity index (χ2v) is 7.21. The number of nitrogens with two attached hydrogens (primary N) is 1. The largest absolute Gasteiger partial charge is 0.495 e. The number of fused-ring (bicyclic) bond motifs is 1. The molecule has 1 aromatic carbocycles. The summed E-state index contributed by atoms with van der Waals surface area (Å²) < 4.78 is 5.28. The number of nitrogen functional groups attached to an aromatic ring is 1. The lowest BCUT2D eigenvalue weighted by molar-refractivity contribution is -0.123. The van der Waals surface area contributed by atoms with Crippen LogP contribution < -0.4 is 26.0 Å². The van der Waals surface area contributed by atoms with Crippen molar-refractivity contribution in [3.05, 3.63) is 29.8 Å². The second kappa shape index (κ2) is 7.94. The van der Waals surface area contributed by atoms with Gasteiger partial charge in [0.2, 0.25) is 17.8 Å². The summed E-state index contributed by atoms with van der Waals surface area (Å²) in [5.41, 5.74) is 7.22. The number of nitrogens with one attached hydrogen (secondary N) is 2. The summed E-state index contributed by atoms with van der Waals surface area (Å²) in [4.78, 5) is 36.3. The molecule has 4 N–H and O–H groups in total. The molecule has 1 aromatic heterocycles. The SMILES string of the molecule is COc1ccccc1NC(=O)[C@H]1CC(=O)Nc2nc(N3CCCCC3)nc(N)c21. The van der Waals surface area contributed by atoms with Crippen LogP contribution in [0.5, 0.6) is 5.75 Å². The number of aromatic nitrogens is 2. The zero-order valence-electron chi connectivity index (χ0n) is 16.3. The van der Waals surface area contributed by atoms with Gasteiger partial charge in [-0.2, -0.15) is 9.97 Å². The maximum atomic E-state index is 13.0. The first-order chi connectivity index (χ1) is 14.1. The van der Waals surface area contributed by atoms with Crippen molar-refractivity contribution in [1.29, 1.82) is 0 Å². The molecule has 152 valence electrons. The van der Waals surface area contributed by atoms with Gasteiger partial charge in [0.1, 0.15) is 17.4 Å². The van der Waals surface area contributed by atoms with E-state index in [-0.39, 0.29) is 24.1 Å². The van der Waals surface area contributed by atoms with Gasteiger partial charge in [-0.05, 0) is 31.4 Å². The van der Waals surface area contributed by atoms with Gasteiger partial charge >= 0.3 is 0 Å². The number of carbonyl (C=O) groups excluding carboxylic acids is 2. The molecular weight excluding hydrogens is 372 g/mol. The van der Waals surface area contributed by atoms with Gasteiger partial charge in [-0.1, -0.05) is 12.1 Å². The number of anilines is 4. The van der Waals surface area contributed by atoms with E-state index in [0.717, 1.165) is 25.9 Å². The molecule has 2 aromatic rings. The summed E-state index contributed by atoms with van der Waals surface area (Å²) in [7, 11) is 1.53. The predicted octanol–water partition coefficient (Wildman–Crippen LogP) is 2.12. The fourth-order valence-electron chi connectivity index (χ4n) is 3.81. The average molecular weight is 396 g/mol. The van der Waals surface area contributed by atoms with Crippen molar-refractivity contribution < 1.29 is 14.3 Å². The Balaban J connectivity index is 1.64. The van der Waals surface area contributed by atoms with Crippen LogP contribution in [0.3, 0.4) is 0 Å². The molecule has 9 nitrogen and oxygen atoms in total. The van der Waals surface area contributed by atoms with Crippen LogP contribution in [-0.4, -0.2) is 42.0 Å². The third-order valence-electron chi connectivity index (χ3n) is 5.28. The van der Waals surface area contributed by atoms with Gasteiger partial charge < -0.3 is 26.0 Å². The van der Waals surface area contributed by atoms with E-state index in [2.05, 4.69) is 25.5 Å². The number of rotatable bonds is 4. The number of amides is 2. The van der Waals surface area contributed by atoms with E-state index in [0.29, 0.717) is 28.8 Å². The molecule has 0 spiro atoms. The number of carbonyl (C=O) groups is 2. The summed E-state index contributed by atoms with van der Waals surface area (Å²) in [5, 5.41) is 5.58. The molecule has 29 heavy (non-hydrogen) atoms. The number of piperidine rings is 1. The van der Waals surface area contributed by atoms with Crippen LogP contribution in [0.1, 0.15) is 37.2 Å². The minimum Gasteiger partial charge on any atom is -0.495 e. The van der Waals surface area contributed by atoms with Crippen LogP contribution >= 0.6 is 0 Å². The molecule has 0 bridgehead atoms. The Bertz CT molecular complexity index is 942. The lowest BCUT2D eigenvalue weighted by Gasteiger charge is -2.30. The van der Waals surface area contributed by atoms with Crippen molar-refractivity contribution in [3.8, 4) is 5.75 Å². The van der Waals surface area contributed by atoms with Gasteiger partial charge in [0.15, 0.2) is 0 Å². The van der Waals surface area contributed by atoms with Crippen molar-refractivity contribution in [2.45, 2.75) is 31.6 Å². The topological polar surface area (TPSA) is 122 Å². The molecule has 1 fully saturated rings. The smallest absolute Gasteiger partial charge is 0.232 e. The lowest BCUT2D eigenvalue weighted by atomic mass is 9.91. The number of nitrogens with zero attached hydrogens (tertiary/aromatic N) is 3. The summed E-state index contributed by atoms with van der Waals surface area (Å²) in [6.45, 7) is 1.70. The molecule has 9 heteroatoms. The maximum absolute atomic E-state index is 13.0. The molecular formula is C20H24N6O3. The Kier molecular flexibility index (Phi) is 5.20. The van der Waals surface area contributed by atoms with Crippen LogP contribution in [0.4, 0.5) is 23.3 Å². The Morgan fingerprint density at radius 1 is 1.24 bits per heavy atom. The Hall–Kier alpha value is -3.36. The van der Waals surface area contributed by atoms with E-state index in [1.165, 1.54) is 13.5 Å². The molecule has 2 aliphatic rings. The highest BCUT2D eigenvalue weighted by atomic mass is 16.5. The zero-order valence-corrected chi connectivity index (χ0v) is 16.3. The van der Waals surface area contributed by atoms with Gasteiger partial charge in [0, 0.05) is 19.5 Å². The molecule has 1 saturated heterocycles. The molecule has 0 unspecified atom stereocenters. The molecule has 2 aliphatic heterocycles. The van der Waals surface area contributed by atoms with Crippen LogP contribution in [0, 0.1) is 0 Å². The number of hydrogen-bond acceptors (Lipinski definition) is 7. The standard InChI is InChI=1S/C20H24N6O3/c1-29-14-8-4-3-7-13(14)22-19(28)12-11-15(27)23-18-16(12)17(21)24-20(25-18)26-9-5-2-6-10-26/h3-4,7-8,12H,2,5-6,9-11H2,1H3,(H,22,28)(H3,21,23,24,25,27)/t12-/m0/s1. The minimum absolute atomic E-state index is 0.0232. The van der Waals surface area contributed by atoms with Crippen molar-refractivity contribution in [2.24, 2.45) is 0 Å². The highest BCUT2D eigenvalue weighted by molar-refractivity contribution is 6.06. The molecule has 4 rings (SSSR count). The Morgan fingerprint density at radius 2 is 2.00 bits per heavy atom. The number of para-hydroxylation sites is 2. The van der Waals surface area contributed by atoms with Crippen molar-refractivity contribution in [1.82, 2.24) is 9.97 Å². The summed E-state index contributed by atoms with van der Waals surface area (Å²) in [6.07, 6.45) is 3.29. The van der Waals surface area contributed by atoms with Gasteiger partial charge in [-0.25, -0.2) is 0 Å².